The Kier molecular flexibility index (Phi) is 28.4. The average molecular weight is 466 g/mol. The number of hydrogen-bond acceptors (Lipinski definition) is 12. The number of carbonyl (C=O) groups is 6. The molecule has 0 saturated heterocycles. The molecule has 4 unspecified atom stereocenters. The van der Waals surface area contributed by atoms with Crippen LogP contribution in [0.25, 0.3) is 0 Å². The molecule has 1 aliphatic carbocycles. The summed E-state index contributed by atoms with van der Waals surface area (Å²) < 4.78 is 0. The zero-order valence-corrected chi connectivity index (χ0v) is 28.7. The number of carboxylic acids is 6. The quantitative estimate of drug-likeness (QED) is 0.262. The van der Waals surface area contributed by atoms with Gasteiger partial charge in [0, 0.05) is 47.5 Å². The maximum Gasteiger partial charge on any atom is 1.00 e. The molecule has 1 fully saturated rings. The van der Waals surface area contributed by atoms with Crippen LogP contribution < -0.4 is 208 Å². The van der Waals surface area contributed by atoms with Crippen LogP contribution in [0, 0.1) is 29.1 Å². The molecule has 126 valence electrons. The van der Waals surface area contributed by atoms with E-state index in [1.54, 1.807) is 0 Å². The van der Waals surface area contributed by atoms with Crippen LogP contribution in [-0.4, -0.2) is 35.8 Å². The fourth-order valence-corrected chi connectivity index (χ4v) is 3.00. The van der Waals surface area contributed by atoms with Crippen LogP contribution in [0.4, 0.5) is 0 Å². The minimum Gasteiger partial charge on any atom is -0.550 e. The van der Waals surface area contributed by atoms with Gasteiger partial charge in [-0.3, -0.25) is 0 Å². The Morgan fingerprint density at radius 3 is 0.759 bits per heavy atom. The number of aliphatic carboxylic acids is 6. The third-order valence-electron chi connectivity index (χ3n) is 3.81. The summed E-state index contributed by atoms with van der Waals surface area (Å²) in [7, 11) is 0. The first kappa shape index (κ1) is 45.3. The SMILES string of the molecule is O=C([O-])C1C(C(=O)[O-])C(C(=O)[O-])C(C(=O)[O-])(C(=O)[O-])C1C(=O)[O-].[Na+].[Na+].[Na+].[Na+].[Na+].[Na+]. The molecule has 0 aromatic carbocycles. The molecule has 1 saturated carbocycles. The van der Waals surface area contributed by atoms with E-state index in [9.17, 15) is 59.4 Å². The van der Waals surface area contributed by atoms with E-state index >= 15 is 0 Å². The van der Waals surface area contributed by atoms with Gasteiger partial charge in [0.05, 0.1) is 17.4 Å². The average Bonchev–Trinajstić information content (AvgIpc) is 2.71. The molecule has 0 radical (unpaired) electrons. The van der Waals surface area contributed by atoms with Gasteiger partial charge in [-0.05, 0) is 0 Å². The van der Waals surface area contributed by atoms with Gasteiger partial charge in [0.1, 0.15) is 0 Å². The molecule has 29 heavy (non-hydrogen) atoms. The molecule has 0 N–H and O–H groups in total. The van der Waals surface area contributed by atoms with Crippen molar-refractivity contribution in [3.63, 3.8) is 0 Å². The molecule has 0 spiro atoms. The Bertz CT molecular complexity index is 586. The summed E-state index contributed by atoms with van der Waals surface area (Å²) in [5.74, 6) is -28.4. The van der Waals surface area contributed by atoms with Crippen molar-refractivity contribution < 1.29 is 237 Å². The summed E-state index contributed by atoms with van der Waals surface area (Å²) in [4.78, 5) is 66.5. The van der Waals surface area contributed by atoms with E-state index in [1.165, 1.54) is 0 Å². The maximum atomic E-state index is 11.2. The van der Waals surface area contributed by atoms with Gasteiger partial charge in [0.2, 0.25) is 0 Å². The first-order valence-corrected chi connectivity index (χ1v) is 5.68. The van der Waals surface area contributed by atoms with Crippen molar-refractivity contribution in [1.82, 2.24) is 0 Å². The number of rotatable bonds is 6. The molecular formula is C11H4Na6O12. The molecule has 1 rings (SSSR count). The standard InChI is InChI=1S/C11H10O12.6Na/c12-5(13)1-2(6(14)15)4(8(18)19)11(9(20)21,10(22)23)3(1)7(16)17;;;;;;/h1-4H,(H,12,13)(H,14,15)(H,16,17)(H,18,19)(H,20,21)(H,22,23);;;;;;/q;6*+1/p-6. The van der Waals surface area contributed by atoms with Crippen molar-refractivity contribution in [2.45, 2.75) is 0 Å². The van der Waals surface area contributed by atoms with Gasteiger partial charge < -0.3 is 59.4 Å². The normalized spacial score (nSPS) is 22.8. The summed E-state index contributed by atoms with van der Waals surface area (Å²) in [6.45, 7) is 0. The second-order valence-electron chi connectivity index (χ2n) is 4.73. The van der Waals surface area contributed by atoms with Crippen molar-refractivity contribution >= 4 is 35.8 Å². The number of carbonyl (C=O) groups excluding carboxylic acids is 6. The van der Waals surface area contributed by atoms with Crippen LogP contribution in [0.15, 0.2) is 0 Å². The first-order chi connectivity index (χ1) is 10.4. The zero-order chi connectivity index (χ0) is 18.3. The van der Waals surface area contributed by atoms with E-state index in [4.69, 9.17) is 0 Å². The molecule has 18 heteroatoms. The molecule has 0 aromatic heterocycles. The fraction of sp³-hybridized carbons (Fsp3) is 0.455. The van der Waals surface area contributed by atoms with Gasteiger partial charge in [0.15, 0.2) is 0 Å². The molecule has 0 heterocycles. The van der Waals surface area contributed by atoms with E-state index in [0.717, 1.165) is 0 Å². The van der Waals surface area contributed by atoms with E-state index in [1.807, 2.05) is 0 Å². The van der Waals surface area contributed by atoms with Crippen LogP contribution in [-0.2, 0) is 28.8 Å². The molecule has 0 amide bonds. The summed E-state index contributed by atoms with van der Waals surface area (Å²) in [6.07, 6.45) is 0. The van der Waals surface area contributed by atoms with Crippen molar-refractivity contribution in [3.05, 3.63) is 0 Å². The third-order valence-corrected chi connectivity index (χ3v) is 3.81. The van der Waals surface area contributed by atoms with Crippen LogP contribution in [0.1, 0.15) is 0 Å². The van der Waals surface area contributed by atoms with Crippen molar-refractivity contribution in [3.8, 4) is 0 Å². The summed E-state index contributed by atoms with van der Waals surface area (Å²) in [5.41, 5.74) is -4.08. The largest absolute Gasteiger partial charge is 1.00 e. The Morgan fingerprint density at radius 1 is 0.448 bits per heavy atom. The monoisotopic (exact) mass is 466 g/mol. The van der Waals surface area contributed by atoms with Crippen LogP contribution in [0.3, 0.4) is 0 Å². The summed E-state index contributed by atoms with van der Waals surface area (Å²) in [6, 6.07) is 0. The van der Waals surface area contributed by atoms with Gasteiger partial charge in [0.25, 0.3) is 0 Å². The molecule has 0 aromatic rings. The van der Waals surface area contributed by atoms with Crippen LogP contribution in [0.2, 0.25) is 0 Å². The second-order valence-corrected chi connectivity index (χ2v) is 4.73. The van der Waals surface area contributed by atoms with Crippen molar-refractivity contribution in [1.29, 1.82) is 0 Å². The topological polar surface area (TPSA) is 241 Å². The number of carboxylic acid groups (broad SMARTS) is 6. The van der Waals surface area contributed by atoms with Gasteiger partial charge in [-0.25, -0.2) is 0 Å². The van der Waals surface area contributed by atoms with Crippen LogP contribution >= 0.6 is 0 Å². The first-order valence-electron chi connectivity index (χ1n) is 5.68. The fourth-order valence-electron chi connectivity index (χ4n) is 3.00. The molecule has 0 aliphatic heterocycles. The van der Waals surface area contributed by atoms with E-state index in [2.05, 4.69) is 0 Å². The van der Waals surface area contributed by atoms with Crippen LogP contribution in [0.5, 0.6) is 0 Å². The predicted molar refractivity (Wildman–Crippen MR) is 46.4 cm³/mol. The zero-order valence-electron chi connectivity index (χ0n) is 16.7. The van der Waals surface area contributed by atoms with E-state index in [0.29, 0.717) is 0 Å². The summed E-state index contributed by atoms with van der Waals surface area (Å²) in [5, 5.41) is 66.5. The van der Waals surface area contributed by atoms with Crippen molar-refractivity contribution in [2.24, 2.45) is 29.1 Å². The minimum atomic E-state index is -4.08. The molecule has 0 bridgehead atoms. The second kappa shape index (κ2) is 18.2. The van der Waals surface area contributed by atoms with Gasteiger partial charge in [-0.15, -0.1) is 0 Å². The molecule has 4 atom stereocenters. The van der Waals surface area contributed by atoms with Gasteiger partial charge >= 0.3 is 177 Å². The number of hydrogen-bond donors (Lipinski definition) is 0. The Hall–Kier alpha value is 2.82. The van der Waals surface area contributed by atoms with Crippen molar-refractivity contribution in [2.75, 3.05) is 0 Å². The molecular weight excluding hydrogens is 462 g/mol. The molecule has 1 aliphatic rings. The van der Waals surface area contributed by atoms with Gasteiger partial charge in [-0.2, -0.15) is 0 Å². The minimum absolute atomic E-state index is 0. The summed E-state index contributed by atoms with van der Waals surface area (Å²) >= 11 is 0. The van der Waals surface area contributed by atoms with Gasteiger partial charge in [-0.1, -0.05) is 0 Å². The van der Waals surface area contributed by atoms with E-state index in [-0.39, 0.29) is 177 Å². The third kappa shape index (κ3) is 8.52. The predicted octanol–water partition coefficient (Wildman–Crippen LogP) is -28.0. The Morgan fingerprint density at radius 2 is 0.655 bits per heavy atom. The Labute approximate surface area is 296 Å². The van der Waals surface area contributed by atoms with E-state index < -0.39 is 64.9 Å². The maximum absolute atomic E-state index is 11.2. The molecule has 12 nitrogen and oxygen atoms in total. The Balaban J connectivity index is -0.000000220. The smallest absolute Gasteiger partial charge is 0.550 e.